The second kappa shape index (κ2) is 6.81. The first-order chi connectivity index (χ1) is 13.0. The molecule has 1 amide bonds. The third kappa shape index (κ3) is 3.26. The first kappa shape index (κ1) is 17.2. The molecule has 0 saturated carbocycles. The van der Waals surface area contributed by atoms with E-state index in [2.05, 4.69) is 10.3 Å². The smallest absolute Gasteiger partial charge is 0.270 e. The Hall–Kier alpha value is -3.26. The van der Waals surface area contributed by atoms with Crippen molar-refractivity contribution in [1.29, 1.82) is 0 Å². The van der Waals surface area contributed by atoms with E-state index in [9.17, 15) is 14.9 Å². The topological polar surface area (TPSA) is 94.4 Å². The van der Waals surface area contributed by atoms with Crippen LogP contribution in [0.2, 0.25) is 0 Å². The van der Waals surface area contributed by atoms with Gasteiger partial charge >= 0.3 is 0 Å². The fraction of sp³-hybridized carbons (Fsp3) is 0.158. The summed E-state index contributed by atoms with van der Waals surface area (Å²) in [5.74, 6) is 0.395. The largest absolute Gasteiger partial charge is 0.497 e. The summed E-state index contributed by atoms with van der Waals surface area (Å²) in [5.41, 5.74) is 3.19. The van der Waals surface area contributed by atoms with Gasteiger partial charge in [-0.1, -0.05) is 6.07 Å². The van der Waals surface area contributed by atoms with Gasteiger partial charge in [-0.3, -0.25) is 20.2 Å². The van der Waals surface area contributed by atoms with Crippen molar-refractivity contribution in [2.75, 3.05) is 12.4 Å². The number of nitrogens with zero attached hydrogens (tertiary/aromatic N) is 2. The number of hydrogen-bond acceptors (Lipinski definition) is 6. The molecule has 0 radical (unpaired) electrons. The number of carbonyl (C=O) groups is 1. The maximum absolute atomic E-state index is 12.4. The van der Waals surface area contributed by atoms with Crippen molar-refractivity contribution < 1.29 is 14.5 Å². The zero-order valence-corrected chi connectivity index (χ0v) is 15.2. The van der Waals surface area contributed by atoms with E-state index in [4.69, 9.17) is 4.74 Å². The molecule has 0 atom stereocenters. The van der Waals surface area contributed by atoms with Gasteiger partial charge in [0.05, 0.1) is 17.7 Å². The molecule has 8 heteroatoms. The van der Waals surface area contributed by atoms with E-state index in [1.54, 1.807) is 7.11 Å². The van der Waals surface area contributed by atoms with Gasteiger partial charge in [0.2, 0.25) is 0 Å². The van der Waals surface area contributed by atoms with Crippen molar-refractivity contribution in [1.82, 2.24) is 4.98 Å². The van der Waals surface area contributed by atoms with Gasteiger partial charge in [-0.2, -0.15) is 0 Å². The average Bonchev–Trinajstić information content (AvgIpc) is 3.10. The van der Waals surface area contributed by atoms with Crippen LogP contribution in [-0.4, -0.2) is 22.9 Å². The van der Waals surface area contributed by atoms with E-state index < -0.39 is 10.8 Å². The molecule has 4 rings (SSSR count). The zero-order chi connectivity index (χ0) is 19.0. The Kier molecular flexibility index (Phi) is 4.33. The highest BCUT2D eigenvalue weighted by molar-refractivity contribution is 7.16. The first-order valence-electron chi connectivity index (χ1n) is 8.28. The van der Waals surface area contributed by atoms with Crippen LogP contribution in [0.5, 0.6) is 5.75 Å². The number of carbonyl (C=O) groups excluding carboxylic acids is 1. The summed E-state index contributed by atoms with van der Waals surface area (Å²) in [6.07, 6.45) is 1.74. The van der Waals surface area contributed by atoms with Crippen molar-refractivity contribution in [2.24, 2.45) is 0 Å². The van der Waals surface area contributed by atoms with Gasteiger partial charge in [0, 0.05) is 28.1 Å². The summed E-state index contributed by atoms with van der Waals surface area (Å²) in [5, 5.41) is 14.1. The van der Waals surface area contributed by atoms with Crippen LogP contribution in [-0.2, 0) is 12.8 Å². The molecule has 7 nitrogen and oxygen atoms in total. The number of non-ortho nitro benzene ring substituents is 1. The number of nitrogens with one attached hydrogen (secondary N) is 1. The van der Waals surface area contributed by atoms with Crippen molar-refractivity contribution in [2.45, 2.75) is 12.8 Å². The number of fused-ring (bicyclic) bond motifs is 3. The van der Waals surface area contributed by atoms with Crippen LogP contribution in [0.1, 0.15) is 20.8 Å². The summed E-state index contributed by atoms with van der Waals surface area (Å²) in [6.45, 7) is 0. The van der Waals surface area contributed by atoms with Crippen LogP contribution in [0.4, 0.5) is 10.8 Å². The van der Waals surface area contributed by atoms with E-state index in [1.165, 1.54) is 41.2 Å². The second-order valence-corrected chi connectivity index (χ2v) is 7.16. The molecule has 0 bridgehead atoms. The first-order valence-corrected chi connectivity index (χ1v) is 9.09. The summed E-state index contributed by atoms with van der Waals surface area (Å²) in [7, 11) is 1.64. The predicted octanol–water partition coefficient (Wildman–Crippen LogP) is 4.08. The van der Waals surface area contributed by atoms with Crippen LogP contribution in [0.3, 0.4) is 0 Å². The minimum Gasteiger partial charge on any atom is -0.497 e. The standard InChI is InChI=1S/C19H15N3O4S/c1-26-14-6-7-15-11(10-14)5-8-16-17(15)20-19(27-16)21-18(23)12-3-2-4-13(9-12)22(24)25/h2-4,6-7,9-10H,5,8H2,1H3,(H,20,21,23). The van der Waals surface area contributed by atoms with E-state index in [0.717, 1.165) is 34.7 Å². The Morgan fingerprint density at radius 1 is 1.26 bits per heavy atom. The van der Waals surface area contributed by atoms with Gasteiger partial charge in [-0.05, 0) is 42.7 Å². The van der Waals surface area contributed by atoms with Crippen molar-refractivity contribution >= 4 is 28.1 Å². The highest BCUT2D eigenvalue weighted by atomic mass is 32.1. The minimum absolute atomic E-state index is 0.121. The molecule has 3 aromatic rings. The normalized spacial score (nSPS) is 12.0. The van der Waals surface area contributed by atoms with Crippen molar-refractivity contribution in [3.05, 3.63) is 68.6 Å². The molecule has 0 saturated heterocycles. The lowest BCUT2D eigenvalue weighted by Gasteiger charge is -2.15. The van der Waals surface area contributed by atoms with Crippen LogP contribution >= 0.6 is 11.3 Å². The van der Waals surface area contributed by atoms with Crippen LogP contribution in [0, 0.1) is 10.1 Å². The molecule has 1 N–H and O–H groups in total. The molecule has 1 aliphatic carbocycles. The number of hydrogen-bond donors (Lipinski definition) is 1. The number of anilines is 1. The maximum atomic E-state index is 12.4. The monoisotopic (exact) mass is 381 g/mol. The number of amides is 1. The van der Waals surface area contributed by atoms with E-state index in [0.29, 0.717) is 5.13 Å². The van der Waals surface area contributed by atoms with Crippen LogP contribution in [0.25, 0.3) is 11.3 Å². The van der Waals surface area contributed by atoms with Gasteiger partial charge < -0.3 is 4.74 Å². The SMILES string of the molecule is COc1ccc2c(c1)CCc1sc(NC(=O)c3cccc([N+](=O)[O-])c3)nc1-2. The Bertz CT molecular complexity index is 1060. The number of rotatable bonds is 4. The van der Waals surface area contributed by atoms with Crippen LogP contribution in [0.15, 0.2) is 42.5 Å². The predicted molar refractivity (Wildman–Crippen MR) is 103 cm³/mol. The lowest BCUT2D eigenvalue weighted by molar-refractivity contribution is -0.384. The second-order valence-electron chi connectivity index (χ2n) is 6.08. The fourth-order valence-electron chi connectivity index (χ4n) is 3.10. The average molecular weight is 381 g/mol. The van der Waals surface area contributed by atoms with E-state index in [1.807, 2.05) is 18.2 Å². The molecule has 136 valence electrons. The summed E-state index contributed by atoms with van der Waals surface area (Å²) < 4.78 is 5.28. The molecular weight excluding hydrogens is 366 g/mol. The highest BCUT2D eigenvalue weighted by Crippen LogP contribution is 2.39. The Morgan fingerprint density at radius 3 is 2.89 bits per heavy atom. The molecule has 0 spiro atoms. The quantitative estimate of drug-likeness (QED) is 0.543. The molecule has 0 aliphatic heterocycles. The number of methoxy groups -OCH3 is 1. The summed E-state index contributed by atoms with van der Waals surface area (Å²) >= 11 is 1.43. The minimum atomic E-state index is -0.524. The number of thiazole rings is 1. The molecule has 1 heterocycles. The molecule has 27 heavy (non-hydrogen) atoms. The molecule has 1 aromatic heterocycles. The number of nitro groups is 1. The van der Waals surface area contributed by atoms with E-state index >= 15 is 0 Å². The fourth-order valence-corrected chi connectivity index (χ4v) is 4.07. The maximum Gasteiger partial charge on any atom is 0.270 e. The molecular formula is C19H15N3O4S. The molecule has 2 aromatic carbocycles. The van der Waals surface area contributed by atoms with Gasteiger partial charge in [-0.15, -0.1) is 11.3 Å². The lowest BCUT2D eigenvalue weighted by atomic mass is 9.93. The number of aromatic nitrogens is 1. The number of benzene rings is 2. The number of ether oxygens (including phenoxy) is 1. The highest BCUT2D eigenvalue weighted by Gasteiger charge is 2.22. The van der Waals surface area contributed by atoms with Gasteiger partial charge in [0.1, 0.15) is 5.75 Å². The lowest BCUT2D eigenvalue weighted by Crippen LogP contribution is -2.11. The van der Waals surface area contributed by atoms with Gasteiger partial charge in [-0.25, -0.2) is 4.98 Å². The van der Waals surface area contributed by atoms with Crippen LogP contribution < -0.4 is 10.1 Å². The van der Waals surface area contributed by atoms with E-state index in [-0.39, 0.29) is 11.3 Å². The zero-order valence-electron chi connectivity index (χ0n) is 14.4. The van der Waals surface area contributed by atoms with Gasteiger partial charge in [0.15, 0.2) is 5.13 Å². The summed E-state index contributed by atoms with van der Waals surface area (Å²) in [4.78, 5) is 28.5. The number of aryl methyl sites for hydroxylation is 2. The van der Waals surface area contributed by atoms with Crippen molar-refractivity contribution in [3.63, 3.8) is 0 Å². The molecule has 0 fully saturated rings. The Labute approximate surface area is 158 Å². The van der Waals surface area contributed by atoms with Crippen molar-refractivity contribution in [3.8, 4) is 17.0 Å². The number of nitro benzene ring substituents is 1. The Balaban J connectivity index is 1.60. The Morgan fingerprint density at radius 2 is 2.11 bits per heavy atom. The third-order valence-electron chi connectivity index (χ3n) is 4.43. The van der Waals surface area contributed by atoms with Gasteiger partial charge in [0.25, 0.3) is 11.6 Å². The molecule has 1 aliphatic rings. The third-order valence-corrected chi connectivity index (χ3v) is 5.46. The molecule has 0 unspecified atom stereocenters. The summed E-state index contributed by atoms with van der Waals surface area (Å²) in [6, 6.07) is 11.5.